The van der Waals surface area contributed by atoms with Crippen LogP contribution in [0.1, 0.15) is 32.3 Å². The Morgan fingerprint density at radius 2 is 1.79 bits per heavy atom. The summed E-state index contributed by atoms with van der Waals surface area (Å²) in [6.07, 6.45) is 3.03. The molecule has 0 spiro atoms. The van der Waals surface area contributed by atoms with E-state index in [2.05, 4.69) is 4.72 Å². The molecule has 5 heteroatoms. The quantitative estimate of drug-likeness (QED) is 0.804. The van der Waals surface area contributed by atoms with Crippen LogP contribution in [0, 0.1) is 0 Å². The Bertz CT molecular complexity index is 506. The molecule has 1 rings (SSSR count). The van der Waals surface area contributed by atoms with Crippen molar-refractivity contribution in [1.82, 2.24) is 4.72 Å². The largest absolute Gasteiger partial charge is 0.324 e. The van der Waals surface area contributed by atoms with E-state index in [9.17, 15) is 8.42 Å². The standard InChI is InChI=1S/C14H22N2O2S/c1-3-14(15,4-2)12-16-19(17,18)11-10-13-8-6-5-7-9-13/h5-11,16H,3-4,12,15H2,1-2H3/b11-10+. The Balaban J connectivity index is 2.65. The van der Waals surface area contributed by atoms with Crippen molar-refractivity contribution in [3.8, 4) is 0 Å². The Morgan fingerprint density at radius 3 is 2.32 bits per heavy atom. The van der Waals surface area contributed by atoms with Gasteiger partial charge >= 0.3 is 0 Å². The van der Waals surface area contributed by atoms with Gasteiger partial charge in [0.1, 0.15) is 0 Å². The topological polar surface area (TPSA) is 72.2 Å². The zero-order chi connectivity index (χ0) is 14.4. The van der Waals surface area contributed by atoms with Gasteiger partial charge in [-0.25, -0.2) is 13.1 Å². The molecule has 0 aliphatic carbocycles. The molecule has 4 nitrogen and oxygen atoms in total. The van der Waals surface area contributed by atoms with Crippen LogP contribution < -0.4 is 10.5 Å². The molecular formula is C14H22N2O2S. The molecule has 0 aliphatic rings. The second-order valence-corrected chi connectivity index (χ2v) is 6.30. The summed E-state index contributed by atoms with van der Waals surface area (Å²) < 4.78 is 26.2. The molecule has 0 heterocycles. The number of nitrogens with two attached hydrogens (primary N) is 1. The van der Waals surface area contributed by atoms with Crippen LogP contribution >= 0.6 is 0 Å². The van der Waals surface area contributed by atoms with Crippen LogP contribution in [-0.4, -0.2) is 20.5 Å². The first-order chi connectivity index (χ1) is 8.91. The predicted octanol–water partition coefficient (Wildman–Crippen LogP) is 2.09. The summed E-state index contributed by atoms with van der Waals surface area (Å²) in [5.74, 6) is 0. The van der Waals surface area contributed by atoms with E-state index in [4.69, 9.17) is 5.73 Å². The molecule has 3 N–H and O–H groups in total. The Morgan fingerprint density at radius 1 is 1.21 bits per heavy atom. The summed E-state index contributed by atoms with van der Waals surface area (Å²) in [6, 6.07) is 9.29. The van der Waals surface area contributed by atoms with Crippen LogP contribution in [0.15, 0.2) is 35.7 Å². The monoisotopic (exact) mass is 282 g/mol. The predicted molar refractivity (Wildman–Crippen MR) is 79.9 cm³/mol. The van der Waals surface area contributed by atoms with Crippen LogP contribution in [0.5, 0.6) is 0 Å². The molecule has 0 atom stereocenters. The average molecular weight is 282 g/mol. The zero-order valence-electron chi connectivity index (χ0n) is 11.5. The van der Waals surface area contributed by atoms with Gasteiger partial charge in [-0.1, -0.05) is 44.2 Å². The highest BCUT2D eigenvalue weighted by Crippen LogP contribution is 2.10. The fourth-order valence-electron chi connectivity index (χ4n) is 1.52. The third-order valence-corrected chi connectivity index (χ3v) is 4.31. The van der Waals surface area contributed by atoms with Gasteiger partial charge in [0.15, 0.2) is 0 Å². The van der Waals surface area contributed by atoms with Crippen LogP contribution in [0.25, 0.3) is 6.08 Å². The second-order valence-electron chi connectivity index (χ2n) is 4.65. The molecule has 0 aromatic heterocycles. The van der Waals surface area contributed by atoms with Crippen molar-refractivity contribution >= 4 is 16.1 Å². The van der Waals surface area contributed by atoms with E-state index in [-0.39, 0.29) is 6.54 Å². The molecule has 0 bridgehead atoms. The minimum absolute atomic E-state index is 0.251. The minimum atomic E-state index is -3.44. The lowest BCUT2D eigenvalue weighted by Gasteiger charge is -2.26. The van der Waals surface area contributed by atoms with E-state index in [1.807, 2.05) is 44.2 Å². The molecule has 0 saturated carbocycles. The third-order valence-electron chi connectivity index (χ3n) is 3.27. The molecule has 0 saturated heterocycles. The first-order valence-corrected chi connectivity index (χ1v) is 7.97. The van der Waals surface area contributed by atoms with Crippen LogP contribution in [0.4, 0.5) is 0 Å². The maximum atomic E-state index is 11.8. The van der Waals surface area contributed by atoms with E-state index >= 15 is 0 Å². The highest BCUT2D eigenvalue weighted by molar-refractivity contribution is 7.92. The smallest absolute Gasteiger partial charge is 0.233 e. The summed E-state index contributed by atoms with van der Waals surface area (Å²) in [7, 11) is -3.44. The summed E-state index contributed by atoms with van der Waals surface area (Å²) >= 11 is 0. The number of hydrogen-bond acceptors (Lipinski definition) is 3. The van der Waals surface area contributed by atoms with Crippen molar-refractivity contribution in [1.29, 1.82) is 0 Å². The highest BCUT2D eigenvalue weighted by Gasteiger charge is 2.21. The molecule has 1 aromatic rings. The van der Waals surface area contributed by atoms with Crippen molar-refractivity contribution in [2.75, 3.05) is 6.54 Å². The lowest BCUT2D eigenvalue weighted by atomic mass is 9.95. The molecule has 0 radical (unpaired) electrons. The van der Waals surface area contributed by atoms with E-state index in [0.717, 1.165) is 18.4 Å². The van der Waals surface area contributed by atoms with Crippen LogP contribution in [-0.2, 0) is 10.0 Å². The van der Waals surface area contributed by atoms with Crippen molar-refractivity contribution in [3.05, 3.63) is 41.3 Å². The highest BCUT2D eigenvalue weighted by atomic mass is 32.2. The van der Waals surface area contributed by atoms with Crippen molar-refractivity contribution in [2.24, 2.45) is 5.73 Å². The van der Waals surface area contributed by atoms with Gasteiger partial charge in [0.25, 0.3) is 0 Å². The molecule has 0 amide bonds. The van der Waals surface area contributed by atoms with Gasteiger partial charge in [-0.15, -0.1) is 0 Å². The first kappa shape index (κ1) is 15.9. The van der Waals surface area contributed by atoms with Gasteiger partial charge in [-0.2, -0.15) is 0 Å². The Labute approximate surface area is 115 Å². The molecule has 0 aliphatic heterocycles. The number of hydrogen-bond donors (Lipinski definition) is 2. The SMILES string of the molecule is CCC(N)(CC)CNS(=O)(=O)/C=C/c1ccccc1. The zero-order valence-corrected chi connectivity index (χ0v) is 12.3. The minimum Gasteiger partial charge on any atom is -0.324 e. The number of sulfonamides is 1. The molecule has 19 heavy (non-hydrogen) atoms. The van der Waals surface area contributed by atoms with Gasteiger partial charge in [0.2, 0.25) is 10.0 Å². The van der Waals surface area contributed by atoms with Crippen molar-refractivity contribution in [3.63, 3.8) is 0 Å². The number of nitrogens with one attached hydrogen (secondary N) is 1. The van der Waals surface area contributed by atoms with Gasteiger partial charge in [-0.05, 0) is 24.5 Å². The van der Waals surface area contributed by atoms with Crippen LogP contribution in [0.2, 0.25) is 0 Å². The summed E-state index contributed by atoms with van der Waals surface area (Å²) in [6.45, 7) is 4.16. The third kappa shape index (κ3) is 5.55. The van der Waals surface area contributed by atoms with E-state index in [1.165, 1.54) is 5.41 Å². The lowest BCUT2D eigenvalue weighted by molar-refractivity contribution is 0.392. The number of benzene rings is 1. The van der Waals surface area contributed by atoms with Gasteiger partial charge in [0, 0.05) is 17.5 Å². The van der Waals surface area contributed by atoms with Gasteiger partial charge < -0.3 is 5.73 Å². The Kier molecular flexibility index (Phi) is 5.72. The van der Waals surface area contributed by atoms with Gasteiger partial charge in [-0.3, -0.25) is 0 Å². The van der Waals surface area contributed by atoms with Crippen molar-refractivity contribution < 1.29 is 8.42 Å². The second kappa shape index (κ2) is 6.84. The molecule has 1 aromatic carbocycles. The average Bonchev–Trinajstić information content (AvgIpc) is 2.44. The molecule has 0 unspecified atom stereocenters. The molecule has 0 fully saturated rings. The van der Waals surface area contributed by atoms with E-state index in [1.54, 1.807) is 6.08 Å². The van der Waals surface area contributed by atoms with E-state index in [0.29, 0.717) is 0 Å². The maximum Gasteiger partial charge on any atom is 0.233 e. The number of rotatable bonds is 7. The van der Waals surface area contributed by atoms with Crippen molar-refractivity contribution in [2.45, 2.75) is 32.2 Å². The fraction of sp³-hybridized carbons (Fsp3) is 0.429. The normalized spacial score (nSPS) is 13.0. The lowest BCUT2D eigenvalue weighted by Crippen LogP contribution is -2.48. The summed E-state index contributed by atoms with van der Waals surface area (Å²) in [4.78, 5) is 0. The molecule has 106 valence electrons. The summed E-state index contributed by atoms with van der Waals surface area (Å²) in [5, 5.41) is 1.17. The molecular weight excluding hydrogens is 260 g/mol. The first-order valence-electron chi connectivity index (χ1n) is 6.42. The fourth-order valence-corrected chi connectivity index (χ4v) is 2.45. The Hall–Kier alpha value is -1.17. The summed E-state index contributed by atoms with van der Waals surface area (Å²) in [5.41, 5.74) is 6.43. The van der Waals surface area contributed by atoms with E-state index < -0.39 is 15.6 Å². The van der Waals surface area contributed by atoms with Crippen LogP contribution in [0.3, 0.4) is 0 Å². The van der Waals surface area contributed by atoms with Gasteiger partial charge in [0.05, 0.1) is 0 Å². The maximum absolute atomic E-state index is 11.8.